The lowest BCUT2D eigenvalue weighted by molar-refractivity contribution is -0.291. The zero-order valence-electron chi connectivity index (χ0n) is 7.73. The summed E-state index contributed by atoms with van der Waals surface area (Å²) in [5, 5.41) is 0. The van der Waals surface area contributed by atoms with Crippen molar-refractivity contribution in [2.75, 3.05) is 0 Å². The SMILES string of the molecule is N[C@H](c1cccc(F)c1)C(F)(F)C(F)(F)F. The third-order valence-corrected chi connectivity index (χ3v) is 1.98. The second-order valence-electron chi connectivity index (χ2n) is 3.15. The predicted molar refractivity (Wildman–Crippen MR) is 44.3 cm³/mol. The van der Waals surface area contributed by atoms with E-state index in [2.05, 4.69) is 0 Å². The van der Waals surface area contributed by atoms with Crippen LogP contribution in [-0.2, 0) is 0 Å². The van der Waals surface area contributed by atoms with E-state index >= 15 is 0 Å². The van der Waals surface area contributed by atoms with E-state index in [1.165, 1.54) is 0 Å². The van der Waals surface area contributed by atoms with Crippen molar-refractivity contribution in [3.05, 3.63) is 35.6 Å². The number of benzene rings is 1. The van der Waals surface area contributed by atoms with Crippen molar-refractivity contribution in [1.29, 1.82) is 0 Å². The van der Waals surface area contributed by atoms with Crippen LogP contribution in [0.4, 0.5) is 26.3 Å². The van der Waals surface area contributed by atoms with Crippen LogP contribution >= 0.6 is 0 Å². The van der Waals surface area contributed by atoms with Crippen molar-refractivity contribution in [3.63, 3.8) is 0 Å². The van der Waals surface area contributed by atoms with Gasteiger partial charge in [-0.05, 0) is 17.7 Å². The normalized spacial score (nSPS) is 14.9. The van der Waals surface area contributed by atoms with Gasteiger partial charge in [-0.25, -0.2) is 4.39 Å². The summed E-state index contributed by atoms with van der Waals surface area (Å²) in [6.45, 7) is 0. The monoisotopic (exact) mass is 243 g/mol. The zero-order valence-corrected chi connectivity index (χ0v) is 7.73. The summed E-state index contributed by atoms with van der Waals surface area (Å²) < 4.78 is 74.0. The Morgan fingerprint density at radius 3 is 2.06 bits per heavy atom. The van der Waals surface area contributed by atoms with Gasteiger partial charge >= 0.3 is 12.1 Å². The number of halogens is 6. The second-order valence-corrected chi connectivity index (χ2v) is 3.15. The van der Waals surface area contributed by atoms with Crippen molar-refractivity contribution in [1.82, 2.24) is 0 Å². The minimum atomic E-state index is -5.77. The van der Waals surface area contributed by atoms with Gasteiger partial charge in [0, 0.05) is 0 Å². The Bertz CT molecular complexity index is 373. The minimum absolute atomic E-state index is 0.546. The van der Waals surface area contributed by atoms with E-state index in [0.29, 0.717) is 6.07 Å². The van der Waals surface area contributed by atoms with Crippen molar-refractivity contribution in [2.24, 2.45) is 5.73 Å². The first-order chi connectivity index (χ1) is 7.16. The van der Waals surface area contributed by atoms with Crippen LogP contribution in [0.5, 0.6) is 0 Å². The van der Waals surface area contributed by atoms with Crippen LogP contribution in [0, 0.1) is 5.82 Å². The van der Waals surface area contributed by atoms with Crippen LogP contribution in [-0.4, -0.2) is 12.1 Å². The molecule has 1 atom stereocenters. The molecule has 1 nitrogen and oxygen atoms in total. The van der Waals surface area contributed by atoms with Gasteiger partial charge in [-0.3, -0.25) is 0 Å². The molecule has 0 amide bonds. The largest absolute Gasteiger partial charge is 0.455 e. The maximum Gasteiger partial charge on any atom is 0.455 e. The molecule has 0 saturated carbocycles. The Labute approximate surface area is 86.9 Å². The molecule has 90 valence electrons. The molecular weight excluding hydrogens is 236 g/mol. The summed E-state index contributed by atoms with van der Waals surface area (Å²) in [5.74, 6) is -6.02. The molecule has 0 aromatic heterocycles. The summed E-state index contributed by atoms with van der Waals surface area (Å²) in [7, 11) is 0. The second kappa shape index (κ2) is 3.97. The van der Waals surface area contributed by atoms with Gasteiger partial charge in [0.1, 0.15) is 11.9 Å². The fraction of sp³-hybridized carbons (Fsp3) is 0.333. The summed E-state index contributed by atoms with van der Waals surface area (Å²) in [6.07, 6.45) is -5.77. The fourth-order valence-electron chi connectivity index (χ4n) is 1.09. The standard InChI is InChI=1S/C9H7F6N/c10-6-3-1-2-5(4-6)7(16)8(11,12)9(13,14)15/h1-4,7H,16H2/t7-/m1/s1. The Morgan fingerprint density at radius 1 is 1.06 bits per heavy atom. The quantitative estimate of drug-likeness (QED) is 0.794. The van der Waals surface area contributed by atoms with Crippen molar-refractivity contribution >= 4 is 0 Å². The van der Waals surface area contributed by atoms with Gasteiger partial charge in [0.15, 0.2) is 0 Å². The molecular formula is C9H7F6N. The molecule has 0 saturated heterocycles. The highest BCUT2D eigenvalue weighted by Crippen LogP contribution is 2.43. The summed E-state index contributed by atoms with van der Waals surface area (Å²) in [5.41, 5.74) is 4.18. The molecule has 0 spiro atoms. The molecule has 0 aliphatic carbocycles. The molecule has 0 heterocycles. The van der Waals surface area contributed by atoms with E-state index < -0.39 is 29.5 Å². The van der Waals surface area contributed by atoms with Crippen LogP contribution in [0.1, 0.15) is 11.6 Å². The van der Waals surface area contributed by atoms with E-state index in [9.17, 15) is 26.3 Å². The van der Waals surface area contributed by atoms with E-state index in [-0.39, 0.29) is 0 Å². The number of hydrogen-bond acceptors (Lipinski definition) is 1. The van der Waals surface area contributed by atoms with Crippen LogP contribution in [0.3, 0.4) is 0 Å². The lowest BCUT2D eigenvalue weighted by atomic mass is 10.0. The molecule has 0 aliphatic rings. The number of nitrogens with two attached hydrogens (primary N) is 1. The van der Waals surface area contributed by atoms with Gasteiger partial charge in [-0.1, -0.05) is 12.1 Å². The van der Waals surface area contributed by atoms with Crippen LogP contribution in [0.15, 0.2) is 24.3 Å². The van der Waals surface area contributed by atoms with Gasteiger partial charge in [0.05, 0.1) is 0 Å². The third kappa shape index (κ3) is 2.29. The molecule has 1 aromatic rings. The number of hydrogen-bond donors (Lipinski definition) is 1. The average molecular weight is 243 g/mol. The van der Waals surface area contributed by atoms with E-state index in [1.807, 2.05) is 0 Å². The molecule has 0 fully saturated rings. The smallest absolute Gasteiger partial charge is 0.319 e. The van der Waals surface area contributed by atoms with Crippen LogP contribution in [0.2, 0.25) is 0 Å². The Hall–Kier alpha value is -1.24. The molecule has 7 heteroatoms. The zero-order chi connectivity index (χ0) is 12.6. The number of rotatable bonds is 2. The molecule has 16 heavy (non-hydrogen) atoms. The molecule has 0 bridgehead atoms. The highest BCUT2D eigenvalue weighted by Gasteiger charge is 2.61. The molecule has 1 rings (SSSR count). The first-order valence-electron chi connectivity index (χ1n) is 4.12. The van der Waals surface area contributed by atoms with Gasteiger partial charge in [0.25, 0.3) is 0 Å². The van der Waals surface area contributed by atoms with E-state index in [0.717, 1.165) is 18.2 Å². The first-order valence-corrected chi connectivity index (χ1v) is 4.12. The van der Waals surface area contributed by atoms with E-state index in [1.54, 1.807) is 0 Å². The molecule has 1 aromatic carbocycles. The summed E-state index contributed by atoms with van der Waals surface area (Å²) in [4.78, 5) is 0. The first kappa shape index (κ1) is 12.8. The van der Waals surface area contributed by atoms with Gasteiger partial charge < -0.3 is 5.73 Å². The molecule has 0 radical (unpaired) electrons. The van der Waals surface area contributed by atoms with Crippen molar-refractivity contribution in [2.45, 2.75) is 18.1 Å². The summed E-state index contributed by atoms with van der Waals surface area (Å²) >= 11 is 0. The Morgan fingerprint density at radius 2 is 1.62 bits per heavy atom. The van der Waals surface area contributed by atoms with Crippen LogP contribution in [0.25, 0.3) is 0 Å². The maximum absolute atomic E-state index is 12.8. The van der Waals surface area contributed by atoms with Crippen molar-refractivity contribution in [3.8, 4) is 0 Å². The lowest BCUT2D eigenvalue weighted by Crippen LogP contribution is -2.45. The predicted octanol–water partition coefficient (Wildman–Crippen LogP) is 3.02. The average Bonchev–Trinajstić information content (AvgIpc) is 2.14. The molecule has 0 aliphatic heterocycles. The van der Waals surface area contributed by atoms with Crippen molar-refractivity contribution < 1.29 is 26.3 Å². The fourth-order valence-corrected chi connectivity index (χ4v) is 1.09. The highest BCUT2D eigenvalue weighted by atomic mass is 19.4. The van der Waals surface area contributed by atoms with E-state index in [4.69, 9.17) is 5.73 Å². The topological polar surface area (TPSA) is 26.0 Å². The highest BCUT2D eigenvalue weighted by molar-refractivity contribution is 5.22. The van der Waals surface area contributed by atoms with Gasteiger partial charge in [0.2, 0.25) is 0 Å². The summed E-state index contributed by atoms with van der Waals surface area (Å²) in [6, 6.07) is 0.764. The molecule has 0 unspecified atom stereocenters. The minimum Gasteiger partial charge on any atom is -0.319 e. The van der Waals surface area contributed by atoms with Crippen LogP contribution < -0.4 is 5.73 Å². The third-order valence-electron chi connectivity index (χ3n) is 1.98. The Balaban J connectivity index is 3.07. The number of alkyl halides is 5. The molecule has 2 N–H and O–H groups in total. The lowest BCUT2D eigenvalue weighted by Gasteiger charge is -2.25. The Kier molecular flexibility index (Phi) is 3.18. The van der Waals surface area contributed by atoms with Gasteiger partial charge in [-0.15, -0.1) is 0 Å². The maximum atomic E-state index is 12.8. The van der Waals surface area contributed by atoms with Gasteiger partial charge in [-0.2, -0.15) is 22.0 Å².